The molecule has 2 aromatic rings. The average molecular weight is 284 g/mol. The molecule has 4 heteroatoms. The van der Waals surface area contributed by atoms with Crippen LogP contribution in [0.4, 0.5) is 0 Å². The third-order valence-electron chi connectivity index (χ3n) is 4.45. The first-order valence-electron chi connectivity index (χ1n) is 7.77. The molecule has 0 radical (unpaired) electrons. The Bertz CT molecular complexity index is 563. The van der Waals surface area contributed by atoms with Crippen LogP contribution >= 0.6 is 0 Å². The van der Waals surface area contributed by atoms with Crippen LogP contribution in [0.5, 0.6) is 0 Å². The van der Waals surface area contributed by atoms with Crippen molar-refractivity contribution in [2.24, 2.45) is 0 Å². The molecule has 0 bridgehead atoms. The maximum Gasteiger partial charge on any atom is 0.0645 e. The maximum atomic E-state index is 4.47. The molecule has 0 saturated carbocycles. The fourth-order valence-electron chi connectivity index (χ4n) is 2.95. The quantitative estimate of drug-likeness (QED) is 0.916. The van der Waals surface area contributed by atoms with Crippen LogP contribution in [0, 0.1) is 0 Å². The van der Waals surface area contributed by atoms with Crippen LogP contribution in [-0.2, 0) is 0 Å². The van der Waals surface area contributed by atoms with Gasteiger partial charge in [-0.3, -0.25) is 0 Å². The summed E-state index contributed by atoms with van der Waals surface area (Å²) < 4.78 is 1.94. The van der Waals surface area contributed by atoms with Gasteiger partial charge in [0.1, 0.15) is 0 Å². The molecule has 3 rings (SSSR count). The highest BCUT2D eigenvalue weighted by atomic mass is 15.3. The SMILES string of the molecule is CC(NCC1CCCN1C)c1cnn(-c2ccccc2)c1. The summed E-state index contributed by atoms with van der Waals surface area (Å²) >= 11 is 0. The van der Waals surface area contributed by atoms with E-state index in [4.69, 9.17) is 0 Å². The van der Waals surface area contributed by atoms with E-state index < -0.39 is 0 Å². The third kappa shape index (κ3) is 3.34. The van der Waals surface area contributed by atoms with Crippen LogP contribution in [-0.4, -0.2) is 40.9 Å². The van der Waals surface area contributed by atoms with E-state index in [2.05, 4.69) is 47.6 Å². The minimum Gasteiger partial charge on any atom is -0.309 e. The predicted molar refractivity (Wildman–Crippen MR) is 85.6 cm³/mol. The molecule has 112 valence electrons. The number of likely N-dealkylation sites (N-methyl/N-ethyl adjacent to an activating group) is 1. The zero-order valence-electron chi connectivity index (χ0n) is 12.9. The number of aromatic nitrogens is 2. The highest BCUT2D eigenvalue weighted by Gasteiger charge is 2.21. The van der Waals surface area contributed by atoms with Gasteiger partial charge in [-0.15, -0.1) is 0 Å². The molecule has 1 saturated heterocycles. The van der Waals surface area contributed by atoms with Gasteiger partial charge in [-0.25, -0.2) is 4.68 Å². The minimum absolute atomic E-state index is 0.330. The first-order valence-corrected chi connectivity index (χ1v) is 7.77. The standard InChI is InChI=1S/C17H24N4/c1-14(18-12-17-9-6-10-20(17)2)15-11-19-21(13-15)16-7-4-3-5-8-16/h3-5,7-8,11,13-14,17-18H,6,9-10,12H2,1-2H3. The maximum absolute atomic E-state index is 4.47. The summed E-state index contributed by atoms with van der Waals surface area (Å²) in [5, 5.41) is 8.11. The van der Waals surface area contributed by atoms with E-state index in [1.165, 1.54) is 24.9 Å². The number of nitrogens with zero attached hydrogens (tertiary/aromatic N) is 3. The Balaban J connectivity index is 1.60. The molecule has 0 amide bonds. The first-order chi connectivity index (χ1) is 10.2. The molecule has 1 aliphatic heterocycles. The molecule has 21 heavy (non-hydrogen) atoms. The smallest absolute Gasteiger partial charge is 0.0645 e. The minimum atomic E-state index is 0.330. The average Bonchev–Trinajstić information content (AvgIpc) is 3.15. The van der Waals surface area contributed by atoms with Crippen molar-refractivity contribution in [3.05, 3.63) is 48.3 Å². The summed E-state index contributed by atoms with van der Waals surface area (Å²) in [7, 11) is 2.22. The second kappa shape index (κ2) is 6.41. The van der Waals surface area contributed by atoms with Crippen molar-refractivity contribution >= 4 is 0 Å². The number of benzene rings is 1. The fourth-order valence-corrected chi connectivity index (χ4v) is 2.95. The first kappa shape index (κ1) is 14.3. The van der Waals surface area contributed by atoms with Crippen LogP contribution in [0.3, 0.4) is 0 Å². The molecule has 0 spiro atoms. The van der Waals surface area contributed by atoms with Crippen molar-refractivity contribution in [3.8, 4) is 5.69 Å². The van der Waals surface area contributed by atoms with Gasteiger partial charge in [-0.2, -0.15) is 5.10 Å². The van der Waals surface area contributed by atoms with Crippen molar-refractivity contribution in [2.45, 2.75) is 31.8 Å². The zero-order chi connectivity index (χ0) is 14.7. The molecule has 1 aromatic carbocycles. The normalized spacial score (nSPS) is 20.8. The van der Waals surface area contributed by atoms with Crippen molar-refractivity contribution in [2.75, 3.05) is 20.1 Å². The lowest BCUT2D eigenvalue weighted by Gasteiger charge is -2.22. The second-order valence-corrected chi connectivity index (χ2v) is 5.96. The molecule has 2 heterocycles. The molecule has 1 aliphatic rings. The molecule has 2 unspecified atom stereocenters. The van der Waals surface area contributed by atoms with Crippen LogP contribution in [0.25, 0.3) is 5.69 Å². The van der Waals surface area contributed by atoms with Crippen molar-refractivity contribution in [3.63, 3.8) is 0 Å². The second-order valence-electron chi connectivity index (χ2n) is 5.96. The number of rotatable bonds is 5. The Morgan fingerprint density at radius 2 is 2.14 bits per heavy atom. The van der Waals surface area contributed by atoms with Crippen molar-refractivity contribution < 1.29 is 0 Å². The number of hydrogen-bond donors (Lipinski definition) is 1. The van der Waals surface area contributed by atoms with E-state index in [0.29, 0.717) is 12.1 Å². The summed E-state index contributed by atoms with van der Waals surface area (Å²) in [5.74, 6) is 0. The predicted octanol–water partition coefficient (Wildman–Crippen LogP) is 2.62. The summed E-state index contributed by atoms with van der Waals surface area (Å²) in [5.41, 5.74) is 2.34. The van der Waals surface area contributed by atoms with Gasteiger partial charge in [0.25, 0.3) is 0 Å². The van der Waals surface area contributed by atoms with Gasteiger partial charge in [0.15, 0.2) is 0 Å². The van der Waals surface area contributed by atoms with E-state index in [1.807, 2.05) is 29.1 Å². The Kier molecular flexibility index (Phi) is 4.36. The highest BCUT2D eigenvalue weighted by molar-refractivity contribution is 5.31. The van der Waals surface area contributed by atoms with Crippen LogP contribution in [0.1, 0.15) is 31.4 Å². The fraction of sp³-hybridized carbons (Fsp3) is 0.471. The van der Waals surface area contributed by atoms with E-state index in [1.54, 1.807) is 0 Å². The number of hydrogen-bond acceptors (Lipinski definition) is 3. The molecule has 1 N–H and O–H groups in total. The van der Waals surface area contributed by atoms with Gasteiger partial charge >= 0.3 is 0 Å². The van der Waals surface area contributed by atoms with Crippen LogP contribution < -0.4 is 5.32 Å². The molecular formula is C17H24N4. The van der Waals surface area contributed by atoms with Crippen molar-refractivity contribution in [1.29, 1.82) is 0 Å². The van der Waals surface area contributed by atoms with Crippen LogP contribution in [0.15, 0.2) is 42.7 Å². The molecular weight excluding hydrogens is 260 g/mol. The molecule has 1 aromatic heterocycles. The van der Waals surface area contributed by atoms with Gasteiger partial charge in [0.2, 0.25) is 0 Å². The van der Waals surface area contributed by atoms with E-state index >= 15 is 0 Å². The summed E-state index contributed by atoms with van der Waals surface area (Å²) in [4.78, 5) is 2.45. The third-order valence-corrected chi connectivity index (χ3v) is 4.45. The Morgan fingerprint density at radius 3 is 2.86 bits per heavy atom. The number of likely N-dealkylation sites (tertiary alicyclic amines) is 1. The zero-order valence-corrected chi connectivity index (χ0v) is 12.9. The summed E-state index contributed by atoms with van der Waals surface area (Å²) in [6.45, 7) is 4.49. The topological polar surface area (TPSA) is 33.1 Å². The Labute approximate surface area is 126 Å². The van der Waals surface area contributed by atoms with Gasteiger partial charge in [-0.1, -0.05) is 18.2 Å². The summed E-state index contributed by atoms with van der Waals surface area (Å²) in [6.07, 6.45) is 6.71. The Hall–Kier alpha value is -1.65. The number of nitrogens with one attached hydrogen (secondary N) is 1. The van der Waals surface area contributed by atoms with E-state index in [0.717, 1.165) is 12.2 Å². The van der Waals surface area contributed by atoms with E-state index in [-0.39, 0.29) is 0 Å². The van der Waals surface area contributed by atoms with Gasteiger partial charge in [0, 0.05) is 30.4 Å². The molecule has 0 aliphatic carbocycles. The summed E-state index contributed by atoms with van der Waals surface area (Å²) in [6, 6.07) is 11.2. The molecule has 2 atom stereocenters. The monoisotopic (exact) mass is 284 g/mol. The molecule has 1 fully saturated rings. The van der Waals surface area contributed by atoms with E-state index in [9.17, 15) is 0 Å². The number of para-hydroxylation sites is 1. The van der Waals surface area contributed by atoms with Crippen molar-refractivity contribution in [1.82, 2.24) is 20.0 Å². The van der Waals surface area contributed by atoms with Crippen LogP contribution in [0.2, 0.25) is 0 Å². The lowest BCUT2D eigenvalue weighted by molar-refractivity contribution is 0.293. The largest absolute Gasteiger partial charge is 0.309 e. The van der Waals surface area contributed by atoms with Gasteiger partial charge in [0.05, 0.1) is 11.9 Å². The molecule has 4 nitrogen and oxygen atoms in total. The highest BCUT2D eigenvalue weighted by Crippen LogP contribution is 2.17. The Morgan fingerprint density at radius 1 is 1.33 bits per heavy atom. The van der Waals surface area contributed by atoms with Gasteiger partial charge in [-0.05, 0) is 45.5 Å². The lowest BCUT2D eigenvalue weighted by Crippen LogP contribution is -2.36. The van der Waals surface area contributed by atoms with Gasteiger partial charge < -0.3 is 10.2 Å². The lowest BCUT2D eigenvalue weighted by atomic mass is 10.1.